The zero-order chi connectivity index (χ0) is 22.6. The number of nitrogens with one attached hydrogen (secondary N) is 2. The summed E-state index contributed by atoms with van der Waals surface area (Å²) in [5.41, 5.74) is 2.48. The number of rotatable bonds is 7. The highest BCUT2D eigenvalue weighted by molar-refractivity contribution is 8.00. The maximum absolute atomic E-state index is 13.5. The van der Waals surface area contributed by atoms with Crippen molar-refractivity contribution in [1.82, 2.24) is 0 Å². The SMILES string of the molecule is O=C(Nc1cccc(SC(C(=O)Nc2cccc3ccccc23)c2ccccc2)c1)C1CC1. The van der Waals surface area contributed by atoms with Gasteiger partial charge in [0.1, 0.15) is 5.25 Å². The summed E-state index contributed by atoms with van der Waals surface area (Å²) in [5, 5.41) is 7.78. The minimum Gasteiger partial charge on any atom is -0.326 e. The van der Waals surface area contributed by atoms with Crippen molar-refractivity contribution in [1.29, 1.82) is 0 Å². The monoisotopic (exact) mass is 452 g/mol. The molecule has 0 heterocycles. The molecule has 0 radical (unpaired) electrons. The minimum absolute atomic E-state index is 0.0745. The Morgan fingerprint density at radius 2 is 1.52 bits per heavy atom. The van der Waals surface area contributed by atoms with Crippen molar-refractivity contribution in [2.75, 3.05) is 10.6 Å². The molecule has 1 aliphatic rings. The molecule has 1 saturated carbocycles. The normalized spacial score (nSPS) is 13.9. The first kappa shape index (κ1) is 21.3. The molecule has 33 heavy (non-hydrogen) atoms. The van der Waals surface area contributed by atoms with Gasteiger partial charge in [-0.1, -0.05) is 72.8 Å². The van der Waals surface area contributed by atoms with Gasteiger partial charge in [0.25, 0.3) is 0 Å². The molecule has 2 N–H and O–H groups in total. The molecule has 164 valence electrons. The van der Waals surface area contributed by atoms with Gasteiger partial charge in [0.05, 0.1) is 0 Å². The van der Waals surface area contributed by atoms with E-state index < -0.39 is 5.25 Å². The summed E-state index contributed by atoms with van der Waals surface area (Å²) in [4.78, 5) is 26.6. The van der Waals surface area contributed by atoms with Crippen LogP contribution in [0.1, 0.15) is 23.7 Å². The zero-order valence-electron chi connectivity index (χ0n) is 18.0. The molecule has 0 spiro atoms. The molecule has 4 aromatic carbocycles. The van der Waals surface area contributed by atoms with E-state index in [0.717, 1.165) is 45.4 Å². The van der Waals surface area contributed by atoms with Gasteiger partial charge in [0, 0.05) is 27.6 Å². The van der Waals surface area contributed by atoms with Crippen LogP contribution in [0.2, 0.25) is 0 Å². The van der Waals surface area contributed by atoms with Crippen molar-refractivity contribution in [2.45, 2.75) is 23.0 Å². The summed E-state index contributed by atoms with van der Waals surface area (Å²) in [6.45, 7) is 0. The van der Waals surface area contributed by atoms with Gasteiger partial charge in [-0.25, -0.2) is 0 Å². The molecule has 1 aliphatic carbocycles. The van der Waals surface area contributed by atoms with Crippen molar-refractivity contribution in [3.8, 4) is 0 Å². The van der Waals surface area contributed by atoms with E-state index >= 15 is 0 Å². The Labute approximate surface area is 197 Å². The number of hydrogen-bond donors (Lipinski definition) is 2. The van der Waals surface area contributed by atoms with Crippen LogP contribution < -0.4 is 10.6 Å². The van der Waals surface area contributed by atoms with Crippen molar-refractivity contribution in [3.63, 3.8) is 0 Å². The predicted molar refractivity (Wildman–Crippen MR) is 135 cm³/mol. The fraction of sp³-hybridized carbons (Fsp3) is 0.143. The van der Waals surface area contributed by atoms with Crippen LogP contribution in [0.3, 0.4) is 0 Å². The van der Waals surface area contributed by atoms with E-state index in [0.29, 0.717) is 0 Å². The quantitative estimate of drug-likeness (QED) is 0.308. The second-order valence-electron chi connectivity index (χ2n) is 8.22. The molecule has 1 atom stereocenters. The van der Waals surface area contributed by atoms with Crippen LogP contribution in [0.5, 0.6) is 0 Å². The fourth-order valence-electron chi connectivity index (χ4n) is 3.81. The molecule has 5 rings (SSSR count). The number of fused-ring (bicyclic) bond motifs is 1. The lowest BCUT2D eigenvalue weighted by Gasteiger charge is -2.18. The molecular formula is C28H24N2O2S. The van der Waals surface area contributed by atoms with Crippen LogP contribution in [-0.2, 0) is 9.59 Å². The van der Waals surface area contributed by atoms with Crippen molar-refractivity contribution in [3.05, 3.63) is 103 Å². The molecule has 1 fully saturated rings. The Balaban J connectivity index is 1.40. The van der Waals surface area contributed by atoms with Gasteiger partial charge in [-0.3, -0.25) is 9.59 Å². The van der Waals surface area contributed by atoms with Gasteiger partial charge in [0.2, 0.25) is 11.8 Å². The largest absolute Gasteiger partial charge is 0.326 e. The lowest BCUT2D eigenvalue weighted by atomic mass is 10.1. The van der Waals surface area contributed by atoms with Crippen molar-refractivity contribution >= 4 is 45.7 Å². The van der Waals surface area contributed by atoms with Crippen molar-refractivity contribution < 1.29 is 9.59 Å². The Kier molecular flexibility index (Phi) is 6.13. The van der Waals surface area contributed by atoms with Crippen LogP contribution in [0.25, 0.3) is 10.8 Å². The number of thioether (sulfide) groups is 1. The average Bonchev–Trinajstić information content (AvgIpc) is 3.69. The number of carbonyl (C=O) groups is 2. The second kappa shape index (κ2) is 9.51. The Morgan fingerprint density at radius 3 is 2.33 bits per heavy atom. The Hall–Kier alpha value is -3.57. The smallest absolute Gasteiger partial charge is 0.242 e. The standard InChI is InChI=1S/C28H24N2O2S/c31-27(21-16-17-21)29-22-12-7-13-23(18-22)33-26(20-9-2-1-3-10-20)28(32)30-25-15-6-11-19-8-4-5-14-24(19)25/h1-15,18,21,26H,16-17H2,(H,29,31)(H,30,32). The molecule has 0 aromatic heterocycles. The van der Waals surface area contributed by atoms with Crippen LogP contribution in [0.4, 0.5) is 11.4 Å². The number of anilines is 2. The van der Waals surface area contributed by atoms with Gasteiger partial charge >= 0.3 is 0 Å². The Bertz CT molecular complexity index is 1300. The first-order chi connectivity index (χ1) is 16.2. The van der Waals surface area contributed by atoms with Crippen LogP contribution in [0, 0.1) is 5.92 Å². The third kappa shape index (κ3) is 5.10. The molecule has 1 unspecified atom stereocenters. The average molecular weight is 453 g/mol. The lowest BCUT2D eigenvalue weighted by molar-refractivity contribution is -0.117. The van der Waals surface area contributed by atoms with Gasteiger partial charge in [-0.2, -0.15) is 0 Å². The topological polar surface area (TPSA) is 58.2 Å². The first-order valence-corrected chi connectivity index (χ1v) is 12.0. The summed E-state index contributed by atoms with van der Waals surface area (Å²) < 4.78 is 0. The lowest BCUT2D eigenvalue weighted by Crippen LogP contribution is -2.19. The maximum Gasteiger partial charge on any atom is 0.242 e. The first-order valence-electron chi connectivity index (χ1n) is 11.1. The highest BCUT2D eigenvalue weighted by Crippen LogP contribution is 2.38. The summed E-state index contributed by atoms with van der Waals surface area (Å²) in [6, 6.07) is 31.4. The van der Waals surface area contributed by atoms with E-state index in [9.17, 15) is 9.59 Å². The summed E-state index contributed by atoms with van der Waals surface area (Å²) in [5.74, 6) is 0.130. The molecule has 5 heteroatoms. The molecule has 0 saturated heterocycles. The predicted octanol–water partition coefficient (Wildman–Crippen LogP) is 6.66. The molecule has 2 amide bonds. The third-order valence-electron chi connectivity index (χ3n) is 5.69. The molecule has 0 aliphatic heterocycles. The minimum atomic E-state index is -0.445. The molecule has 0 bridgehead atoms. The molecule has 4 nitrogen and oxygen atoms in total. The highest BCUT2D eigenvalue weighted by Gasteiger charge is 2.29. The number of amides is 2. The second-order valence-corrected chi connectivity index (χ2v) is 9.39. The van der Waals surface area contributed by atoms with E-state index in [2.05, 4.69) is 10.6 Å². The highest BCUT2D eigenvalue weighted by atomic mass is 32.2. The summed E-state index contributed by atoms with van der Waals surface area (Å²) in [6.07, 6.45) is 1.93. The van der Waals surface area contributed by atoms with E-state index in [-0.39, 0.29) is 17.7 Å². The maximum atomic E-state index is 13.5. The van der Waals surface area contributed by atoms with E-state index in [1.807, 2.05) is 97.1 Å². The van der Waals surface area contributed by atoms with Gasteiger partial charge in [0.15, 0.2) is 0 Å². The Morgan fingerprint density at radius 1 is 0.788 bits per heavy atom. The number of carbonyl (C=O) groups excluding carboxylic acids is 2. The third-order valence-corrected chi connectivity index (χ3v) is 6.94. The van der Waals surface area contributed by atoms with E-state index in [1.54, 1.807) is 0 Å². The summed E-state index contributed by atoms with van der Waals surface area (Å²) >= 11 is 1.48. The molecule has 4 aromatic rings. The van der Waals surface area contributed by atoms with Gasteiger partial charge in [-0.15, -0.1) is 11.8 Å². The van der Waals surface area contributed by atoms with E-state index in [4.69, 9.17) is 0 Å². The van der Waals surface area contributed by atoms with E-state index in [1.165, 1.54) is 11.8 Å². The zero-order valence-corrected chi connectivity index (χ0v) is 18.8. The van der Waals surface area contributed by atoms with Crippen molar-refractivity contribution in [2.24, 2.45) is 5.92 Å². The number of benzene rings is 4. The number of hydrogen-bond acceptors (Lipinski definition) is 3. The van der Waals surface area contributed by atoms with Gasteiger partial charge in [-0.05, 0) is 48.1 Å². The van der Waals surface area contributed by atoms with Crippen LogP contribution in [0.15, 0.2) is 102 Å². The van der Waals surface area contributed by atoms with Gasteiger partial charge < -0.3 is 10.6 Å². The summed E-state index contributed by atoms with van der Waals surface area (Å²) in [7, 11) is 0. The van der Waals surface area contributed by atoms with Crippen LogP contribution >= 0.6 is 11.8 Å². The van der Waals surface area contributed by atoms with Crippen LogP contribution in [-0.4, -0.2) is 11.8 Å². The molecular weight excluding hydrogens is 428 g/mol. The fourth-order valence-corrected chi connectivity index (χ4v) is 4.89.